The maximum atomic E-state index is 10.4. The molecule has 0 saturated carbocycles. The van der Waals surface area contributed by atoms with Gasteiger partial charge in [-0.3, -0.25) is 4.79 Å². The Morgan fingerprint density at radius 3 is 2.13 bits per heavy atom. The molecule has 0 bridgehead atoms. The predicted molar refractivity (Wildman–Crippen MR) is 64.0 cm³/mol. The van der Waals surface area contributed by atoms with Gasteiger partial charge in [-0.25, -0.2) is 0 Å². The summed E-state index contributed by atoms with van der Waals surface area (Å²) < 4.78 is 0. The Morgan fingerprint density at radius 1 is 1.00 bits per heavy atom. The van der Waals surface area contributed by atoms with Gasteiger partial charge in [0.2, 0.25) is 0 Å². The number of unbranched alkanes of at least 4 members (excludes halogenated alkanes) is 2. The maximum Gasteiger partial charge on any atom is 0.303 e. The Kier molecular flexibility index (Phi) is 8.44. The minimum Gasteiger partial charge on any atom is -0.481 e. The molecule has 0 aromatic heterocycles. The van der Waals surface area contributed by atoms with Crippen molar-refractivity contribution in [3.8, 4) is 0 Å². The van der Waals surface area contributed by atoms with E-state index < -0.39 is 5.97 Å². The molecule has 1 unspecified atom stereocenters. The monoisotopic (exact) mass is 214 g/mol. The Labute approximate surface area is 94.1 Å². The van der Waals surface area contributed by atoms with Crippen molar-refractivity contribution in [3.63, 3.8) is 0 Å². The van der Waals surface area contributed by atoms with Crippen LogP contribution in [-0.2, 0) is 4.79 Å². The van der Waals surface area contributed by atoms with Crippen molar-refractivity contribution in [1.29, 1.82) is 0 Å². The summed E-state index contributed by atoms with van der Waals surface area (Å²) >= 11 is 0. The molecule has 0 heterocycles. The van der Waals surface area contributed by atoms with Crippen LogP contribution in [0, 0.1) is 11.8 Å². The average molecular weight is 214 g/mol. The molecular formula is C13H26O2. The van der Waals surface area contributed by atoms with E-state index in [4.69, 9.17) is 5.11 Å². The fraction of sp³-hybridized carbons (Fsp3) is 0.923. The summed E-state index contributed by atoms with van der Waals surface area (Å²) in [5.41, 5.74) is 0. The molecule has 0 aliphatic heterocycles. The van der Waals surface area contributed by atoms with E-state index in [9.17, 15) is 4.79 Å². The summed E-state index contributed by atoms with van der Waals surface area (Å²) in [6.45, 7) is 6.68. The van der Waals surface area contributed by atoms with Crippen molar-refractivity contribution >= 4 is 5.97 Å². The number of hydrogen-bond donors (Lipinski definition) is 1. The van der Waals surface area contributed by atoms with Crippen LogP contribution in [0.25, 0.3) is 0 Å². The highest BCUT2D eigenvalue weighted by atomic mass is 16.4. The molecule has 2 heteroatoms. The van der Waals surface area contributed by atoms with Gasteiger partial charge in [0, 0.05) is 6.42 Å². The quantitative estimate of drug-likeness (QED) is 0.587. The highest BCUT2D eigenvalue weighted by Crippen LogP contribution is 2.16. The van der Waals surface area contributed by atoms with E-state index in [1.54, 1.807) is 0 Å². The number of carboxylic acids is 1. The summed E-state index contributed by atoms with van der Waals surface area (Å²) in [6, 6.07) is 0. The molecule has 0 saturated heterocycles. The molecule has 1 N–H and O–H groups in total. The number of rotatable bonds is 9. The molecule has 0 radical (unpaired) electrons. The van der Waals surface area contributed by atoms with Crippen molar-refractivity contribution in [2.24, 2.45) is 11.8 Å². The molecule has 0 aliphatic carbocycles. The van der Waals surface area contributed by atoms with Crippen LogP contribution >= 0.6 is 0 Å². The Bertz CT molecular complexity index is 164. The van der Waals surface area contributed by atoms with E-state index in [1.807, 2.05) is 0 Å². The van der Waals surface area contributed by atoms with E-state index in [0.29, 0.717) is 12.3 Å². The second-order valence-electron chi connectivity index (χ2n) is 5.07. The fourth-order valence-corrected chi connectivity index (χ4v) is 1.74. The Hall–Kier alpha value is -0.530. The van der Waals surface area contributed by atoms with Gasteiger partial charge in [-0.2, -0.15) is 0 Å². The normalized spacial score (nSPS) is 13.1. The molecule has 2 nitrogen and oxygen atoms in total. The van der Waals surface area contributed by atoms with Crippen molar-refractivity contribution in [2.45, 2.75) is 65.7 Å². The lowest BCUT2D eigenvalue weighted by Crippen LogP contribution is -2.01. The molecule has 0 spiro atoms. The molecule has 90 valence electrons. The van der Waals surface area contributed by atoms with Gasteiger partial charge >= 0.3 is 5.97 Å². The largest absolute Gasteiger partial charge is 0.481 e. The lowest BCUT2D eigenvalue weighted by Gasteiger charge is -2.09. The molecule has 0 aliphatic rings. The van der Waals surface area contributed by atoms with Crippen molar-refractivity contribution in [2.75, 3.05) is 0 Å². The summed E-state index contributed by atoms with van der Waals surface area (Å²) in [4.78, 5) is 10.4. The molecular weight excluding hydrogens is 188 g/mol. The first-order chi connectivity index (χ1) is 7.02. The van der Waals surface area contributed by atoms with Gasteiger partial charge in [-0.15, -0.1) is 0 Å². The zero-order valence-corrected chi connectivity index (χ0v) is 10.5. The second kappa shape index (κ2) is 8.75. The van der Waals surface area contributed by atoms with Crippen LogP contribution in [0.3, 0.4) is 0 Å². The van der Waals surface area contributed by atoms with E-state index in [2.05, 4.69) is 20.8 Å². The predicted octanol–water partition coefficient (Wildman–Crippen LogP) is 4.09. The second-order valence-corrected chi connectivity index (χ2v) is 5.07. The van der Waals surface area contributed by atoms with Crippen LogP contribution in [0.15, 0.2) is 0 Å². The third-order valence-electron chi connectivity index (χ3n) is 2.83. The molecule has 15 heavy (non-hydrogen) atoms. The van der Waals surface area contributed by atoms with Gasteiger partial charge in [0.1, 0.15) is 0 Å². The van der Waals surface area contributed by atoms with Crippen LogP contribution in [0.2, 0.25) is 0 Å². The lowest BCUT2D eigenvalue weighted by molar-refractivity contribution is -0.137. The minimum absolute atomic E-state index is 0.327. The van der Waals surface area contributed by atoms with E-state index in [0.717, 1.165) is 12.3 Å². The molecule has 1 atom stereocenters. The number of carboxylic acid groups (broad SMARTS) is 1. The highest BCUT2D eigenvalue weighted by molar-refractivity contribution is 5.66. The van der Waals surface area contributed by atoms with Crippen LogP contribution in [0.5, 0.6) is 0 Å². The fourth-order valence-electron chi connectivity index (χ4n) is 1.74. The van der Waals surface area contributed by atoms with Crippen molar-refractivity contribution in [1.82, 2.24) is 0 Å². The number of hydrogen-bond acceptors (Lipinski definition) is 1. The summed E-state index contributed by atoms with van der Waals surface area (Å²) in [5, 5.41) is 8.53. The standard InChI is InChI=1S/C13H26O2/c1-11(2)7-5-4-6-8-12(3)9-10-13(14)15/h11-12H,4-10H2,1-3H3,(H,14,15). The minimum atomic E-state index is -0.665. The van der Waals surface area contributed by atoms with Gasteiger partial charge in [-0.05, 0) is 18.3 Å². The lowest BCUT2D eigenvalue weighted by atomic mass is 9.97. The first kappa shape index (κ1) is 14.5. The van der Waals surface area contributed by atoms with E-state index in [1.165, 1.54) is 32.1 Å². The van der Waals surface area contributed by atoms with Crippen LogP contribution < -0.4 is 0 Å². The topological polar surface area (TPSA) is 37.3 Å². The smallest absolute Gasteiger partial charge is 0.303 e. The Morgan fingerprint density at radius 2 is 1.60 bits per heavy atom. The van der Waals surface area contributed by atoms with Gasteiger partial charge < -0.3 is 5.11 Å². The summed E-state index contributed by atoms with van der Waals surface area (Å²) in [5.74, 6) is 0.719. The molecule has 0 rings (SSSR count). The van der Waals surface area contributed by atoms with Crippen LogP contribution in [-0.4, -0.2) is 11.1 Å². The van der Waals surface area contributed by atoms with Crippen LogP contribution in [0.1, 0.15) is 65.7 Å². The number of carbonyl (C=O) groups is 1. The molecule has 0 amide bonds. The first-order valence-electron chi connectivity index (χ1n) is 6.24. The van der Waals surface area contributed by atoms with E-state index in [-0.39, 0.29) is 0 Å². The molecule has 0 fully saturated rings. The van der Waals surface area contributed by atoms with Crippen molar-refractivity contribution < 1.29 is 9.90 Å². The number of aliphatic carboxylic acids is 1. The maximum absolute atomic E-state index is 10.4. The Balaban J connectivity index is 3.23. The molecule has 0 aromatic rings. The van der Waals surface area contributed by atoms with Crippen molar-refractivity contribution in [3.05, 3.63) is 0 Å². The highest BCUT2D eigenvalue weighted by Gasteiger charge is 2.05. The van der Waals surface area contributed by atoms with Gasteiger partial charge in [-0.1, -0.05) is 52.9 Å². The molecule has 0 aromatic carbocycles. The summed E-state index contributed by atoms with van der Waals surface area (Å²) in [7, 11) is 0. The SMILES string of the molecule is CC(C)CCCCCC(C)CCC(=O)O. The first-order valence-corrected chi connectivity index (χ1v) is 6.24. The van der Waals surface area contributed by atoms with Gasteiger partial charge in [0.15, 0.2) is 0 Å². The zero-order valence-electron chi connectivity index (χ0n) is 10.5. The summed E-state index contributed by atoms with van der Waals surface area (Å²) in [6.07, 6.45) is 7.55. The zero-order chi connectivity index (χ0) is 11.7. The average Bonchev–Trinajstić information content (AvgIpc) is 2.13. The van der Waals surface area contributed by atoms with E-state index >= 15 is 0 Å². The van der Waals surface area contributed by atoms with Gasteiger partial charge in [0.05, 0.1) is 0 Å². The van der Waals surface area contributed by atoms with Crippen LogP contribution in [0.4, 0.5) is 0 Å². The van der Waals surface area contributed by atoms with Gasteiger partial charge in [0.25, 0.3) is 0 Å². The third-order valence-corrected chi connectivity index (χ3v) is 2.83. The third kappa shape index (κ3) is 11.4.